The molecule has 0 N–H and O–H groups in total. The average Bonchev–Trinajstić information content (AvgIpc) is 2.25. The number of halogens is 3. The van der Waals surface area contributed by atoms with Gasteiger partial charge in [0.05, 0.1) is 9.37 Å². The molecular formula is C7H3BrF2OS. The lowest BCUT2D eigenvalue weighted by atomic mass is 10.3. The predicted molar refractivity (Wildman–Crippen MR) is 45.6 cm³/mol. The molecule has 0 atom stereocenters. The van der Waals surface area contributed by atoms with E-state index in [1.54, 1.807) is 18.2 Å². The minimum Gasteiger partial charge on any atom is -0.421 e. The number of alkyl halides is 2. The van der Waals surface area contributed by atoms with Gasteiger partial charge in [-0.3, -0.25) is 0 Å². The molecular weight excluding hydrogens is 250 g/mol. The van der Waals surface area contributed by atoms with Crippen LogP contribution in [0.4, 0.5) is 8.78 Å². The van der Waals surface area contributed by atoms with E-state index in [1.807, 2.05) is 0 Å². The number of fused-ring (bicyclic) bond motifs is 1. The summed E-state index contributed by atoms with van der Waals surface area (Å²) in [5.41, 5.74) is -3.12. The number of para-hydroxylation sites is 1. The maximum Gasteiger partial charge on any atom is 0.457 e. The van der Waals surface area contributed by atoms with Gasteiger partial charge < -0.3 is 4.74 Å². The summed E-state index contributed by atoms with van der Waals surface area (Å²) in [6.07, 6.45) is 0. The van der Waals surface area contributed by atoms with E-state index in [9.17, 15) is 8.78 Å². The number of hydrogen-bond donors (Lipinski definition) is 0. The van der Waals surface area contributed by atoms with Crippen LogP contribution in [0.5, 0.6) is 5.75 Å². The molecule has 0 amide bonds. The Morgan fingerprint density at radius 1 is 1.42 bits per heavy atom. The lowest BCUT2D eigenvalue weighted by molar-refractivity contribution is -0.0826. The molecule has 1 aliphatic rings. The molecule has 5 heteroatoms. The van der Waals surface area contributed by atoms with E-state index < -0.39 is 5.44 Å². The Labute approximate surface area is 80.2 Å². The first-order valence-corrected chi connectivity index (χ1v) is 4.74. The second-order valence-corrected chi connectivity index (χ2v) is 4.21. The van der Waals surface area contributed by atoms with E-state index in [-0.39, 0.29) is 5.75 Å². The molecule has 2 rings (SSSR count). The predicted octanol–water partition coefficient (Wildman–Crippen LogP) is 3.48. The van der Waals surface area contributed by atoms with E-state index in [0.717, 1.165) is 0 Å². The quantitative estimate of drug-likeness (QED) is 0.699. The van der Waals surface area contributed by atoms with Crippen LogP contribution in [0.25, 0.3) is 0 Å². The molecule has 0 radical (unpaired) electrons. The summed E-state index contributed by atoms with van der Waals surface area (Å²) >= 11 is 3.55. The number of ether oxygens (including phenoxy) is 1. The van der Waals surface area contributed by atoms with Gasteiger partial charge in [-0.05, 0) is 39.8 Å². The van der Waals surface area contributed by atoms with Crippen molar-refractivity contribution in [2.45, 2.75) is 10.3 Å². The third-order valence-corrected chi connectivity index (χ3v) is 2.87. The second kappa shape index (κ2) is 2.60. The van der Waals surface area contributed by atoms with E-state index in [1.165, 1.54) is 0 Å². The van der Waals surface area contributed by atoms with Crippen LogP contribution in [0.3, 0.4) is 0 Å². The van der Waals surface area contributed by atoms with Gasteiger partial charge in [-0.1, -0.05) is 6.07 Å². The highest BCUT2D eigenvalue weighted by Gasteiger charge is 2.42. The molecule has 0 fully saturated rings. The Bertz CT molecular complexity index is 329. The van der Waals surface area contributed by atoms with Gasteiger partial charge >= 0.3 is 5.44 Å². The summed E-state index contributed by atoms with van der Waals surface area (Å²) in [5.74, 6) is 0.229. The van der Waals surface area contributed by atoms with Crippen molar-refractivity contribution in [2.24, 2.45) is 0 Å². The molecule has 0 unspecified atom stereocenters. The third-order valence-electron chi connectivity index (χ3n) is 1.38. The van der Waals surface area contributed by atoms with Crippen molar-refractivity contribution in [2.75, 3.05) is 0 Å². The summed E-state index contributed by atoms with van der Waals surface area (Å²) in [7, 11) is 0. The summed E-state index contributed by atoms with van der Waals surface area (Å²) in [5, 5.41) is 0. The van der Waals surface area contributed by atoms with E-state index in [4.69, 9.17) is 0 Å². The van der Waals surface area contributed by atoms with Crippen molar-refractivity contribution in [1.29, 1.82) is 0 Å². The fourth-order valence-electron chi connectivity index (χ4n) is 0.936. The standard InChI is InChI=1S/C7H3BrF2OS/c8-4-2-1-3-5-6(4)11-7(9,10)12-5/h1-3H. The minimum absolute atomic E-state index is 0.229. The van der Waals surface area contributed by atoms with Crippen molar-refractivity contribution in [3.05, 3.63) is 22.7 Å². The van der Waals surface area contributed by atoms with Crippen LogP contribution in [0.1, 0.15) is 0 Å². The van der Waals surface area contributed by atoms with Crippen LogP contribution in [0.2, 0.25) is 0 Å². The number of rotatable bonds is 0. The lowest BCUT2D eigenvalue weighted by Gasteiger charge is -2.05. The Hall–Kier alpha value is -0.290. The zero-order chi connectivity index (χ0) is 8.77. The smallest absolute Gasteiger partial charge is 0.421 e. The van der Waals surface area contributed by atoms with Gasteiger partial charge in [0.15, 0.2) is 5.75 Å². The fourth-order valence-corrected chi connectivity index (χ4v) is 2.29. The average molecular weight is 253 g/mol. The largest absolute Gasteiger partial charge is 0.457 e. The molecule has 0 aromatic heterocycles. The highest BCUT2D eigenvalue weighted by Crippen LogP contribution is 2.51. The molecule has 12 heavy (non-hydrogen) atoms. The van der Waals surface area contributed by atoms with Gasteiger partial charge in [-0.2, -0.15) is 8.78 Å². The van der Waals surface area contributed by atoms with Crippen LogP contribution < -0.4 is 4.74 Å². The minimum atomic E-state index is -3.12. The topological polar surface area (TPSA) is 9.23 Å². The molecule has 1 heterocycles. The molecule has 0 saturated heterocycles. The summed E-state index contributed by atoms with van der Waals surface area (Å²) < 4.78 is 30.2. The molecule has 0 spiro atoms. The van der Waals surface area contributed by atoms with Gasteiger partial charge in [-0.15, -0.1) is 0 Å². The SMILES string of the molecule is FC1(F)Oc2c(Br)cccc2S1. The van der Waals surface area contributed by atoms with Gasteiger partial charge in [0.2, 0.25) is 0 Å². The Balaban J connectivity index is 2.48. The maximum atomic E-state index is 12.6. The van der Waals surface area contributed by atoms with Crippen molar-refractivity contribution in [3.8, 4) is 5.75 Å². The Morgan fingerprint density at radius 3 is 2.83 bits per heavy atom. The van der Waals surface area contributed by atoms with Crippen LogP contribution >= 0.6 is 27.7 Å². The highest BCUT2D eigenvalue weighted by molar-refractivity contribution is 9.10. The molecule has 1 nitrogen and oxygen atoms in total. The molecule has 0 aliphatic carbocycles. The van der Waals surface area contributed by atoms with E-state index in [2.05, 4.69) is 20.7 Å². The zero-order valence-corrected chi connectivity index (χ0v) is 8.08. The second-order valence-electron chi connectivity index (χ2n) is 2.23. The number of benzene rings is 1. The van der Waals surface area contributed by atoms with Crippen molar-refractivity contribution < 1.29 is 13.5 Å². The van der Waals surface area contributed by atoms with Crippen molar-refractivity contribution >= 4 is 27.7 Å². The highest BCUT2D eigenvalue weighted by atomic mass is 79.9. The molecule has 1 aliphatic heterocycles. The maximum absolute atomic E-state index is 12.6. The molecule has 0 bridgehead atoms. The van der Waals surface area contributed by atoms with Gasteiger partial charge in [0.25, 0.3) is 0 Å². The normalized spacial score (nSPS) is 18.6. The Kier molecular flexibility index (Phi) is 1.80. The van der Waals surface area contributed by atoms with Crippen LogP contribution in [-0.2, 0) is 0 Å². The van der Waals surface area contributed by atoms with E-state index >= 15 is 0 Å². The number of hydrogen-bond acceptors (Lipinski definition) is 2. The van der Waals surface area contributed by atoms with Crippen LogP contribution in [0.15, 0.2) is 27.6 Å². The van der Waals surface area contributed by atoms with Gasteiger partial charge in [-0.25, -0.2) is 0 Å². The first-order valence-electron chi connectivity index (χ1n) is 3.13. The molecule has 1 aromatic carbocycles. The summed E-state index contributed by atoms with van der Waals surface area (Å²) in [6, 6.07) is 4.97. The Morgan fingerprint density at radius 2 is 2.17 bits per heavy atom. The van der Waals surface area contributed by atoms with Gasteiger partial charge in [0, 0.05) is 0 Å². The van der Waals surface area contributed by atoms with Crippen molar-refractivity contribution in [1.82, 2.24) is 0 Å². The lowest BCUT2D eigenvalue weighted by Crippen LogP contribution is -2.13. The number of thioether (sulfide) groups is 1. The van der Waals surface area contributed by atoms with Crippen molar-refractivity contribution in [3.63, 3.8) is 0 Å². The first kappa shape index (κ1) is 8.31. The summed E-state index contributed by atoms with van der Waals surface area (Å²) in [4.78, 5) is 0.467. The molecule has 64 valence electrons. The summed E-state index contributed by atoms with van der Waals surface area (Å²) in [6.45, 7) is 0. The van der Waals surface area contributed by atoms with Gasteiger partial charge in [0.1, 0.15) is 0 Å². The zero-order valence-electron chi connectivity index (χ0n) is 5.68. The van der Waals surface area contributed by atoms with E-state index in [0.29, 0.717) is 21.1 Å². The fraction of sp³-hybridized carbons (Fsp3) is 0.143. The molecule has 1 aromatic rings. The van der Waals surface area contributed by atoms with Crippen LogP contribution in [-0.4, -0.2) is 5.44 Å². The first-order chi connectivity index (χ1) is 5.58. The third kappa shape index (κ3) is 1.31. The monoisotopic (exact) mass is 252 g/mol. The van der Waals surface area contributed by atoms with Crippen LogP contribution in [0, 0.1) is 0 Å². The molecule has 0 saturated carbocycles.